The fourth-order valence-corrected chi connectivity index (χ4v) is 14.1. The third-order valence-electron chi connectivity index (χ3n) is 17.9. The zero-order chi connectivity index (χ0) is 55.0. The average molecular weight is 1070 g/mol. The van der Waals surface area contributed by atoms with Gasteiger partial charge in [0.15, 0.2) is 0 Å². The minimum absolute atomic E-state index is 0.907. The normalized spacial score (nSPS) is 12.0. The van der Waals surface area contributed by atoms with E-state index in [2.05, 4.69) is 300 Å². The van der Waals surface area contributed by atoms with Crippen LogP contribution in [0.25, 0.3) is 175 Å². The fourth-order valence-electron chi connectivity index (χ4n) is 14.1. The molecule has 0 aliphatic rings. The maximum atomic E-state index is 5.68. The highest BCUT2D eigenvalue weighted by Gasteiger charge is 2.25. The van der Waals surface area contributed by atoms with Gasteiger partial charge >= 0.3 is 0 Å². The van der Waals surface area contributed by atoms with Crippen LogP contribution in [0.1, 0.15) is 0 Å². The largest absolute Gasteiger partial charge is 0.291 e. The molecule has 2 aromatic heterocycles. The Bertz CT molecular complexity index is 5430. The molecule has 0 amide bonds. The van der Waals surface area contributed by atoms with Gasteiger partial charge < -0.3 is 0 Å². The van der Waals surface area contributed by atoms with E-state index >= 15 is 0 Å². The van der Waals surface area contributed by atoms with Gasteiger partial charge in [0.2, 0.25) is 0 Å². The van der Waals surface area contributed by atoms with Crippen molar-refractivity contribution in [1.29, 1.82) is 0 Å². The number of aromatic nitrogens is 4. The molecule has 0 saturated heterocycles. The summed E-state index contributed by atoms with van der Waals surface area (Å²) in [5.74, 6) is 1.81. The van der Waals surface area contributed by atoms with E-state index in [-0.39, 0.29) is 0 Å². The van der Waals surface area contributed by atoms with Crippen LogP contribution in [0.15, 0.2) is 291 Å². The molecule has 388 valence electrons. The van der Waals surface area contributed by atoms with E-state index < -0.39 is 0 Å². The number of imidazole rings is 2. The highest BCUT2D eigenvalue weighted by Crippen LogP contribution is 2.46. The molecule has 0 radical (unpaired) electrons. The second-order valence-corrected chi connectivity index (χ2v) is 22.3. The summed E-state index contributed by atoms with van der Waals surface area (Å²) in [4.78, 5) is 11.4. The molecule has 0 atom stereocenters. The lowest BCUT2D eigenvalue weighted by Crippen LogP contribution is -2.00. The zero-order valence-corrected chi connectivity index (χ0v) is 45.5. The standard InChI is InChI=1S/C80H48N4/c1-3-21-55-53(19-1)47-73(67-31-13-7-25-61(55)67)83-77-71-35-17-11-29-65(71)63-27-9-15-33-69(63)75(77)81-79(83)51-41-37-49(38-42-51)57-45-46-58(60-24-6-5-23-59(57)60)50-39-43-52(44-40-50)80-82-76-70-34-16-10-28-64(70)66-30-12-18-36-72(66)78(76)84(80)74-48-54-20-2-4-22-56(54)62-26-8-14-32-68(62)74/h1-48H. The predicted molar refractivity (Wildman–Crippen MR) is 355 cm³/mol. The first-order chi connectivity index (χ1) is 41.7. The lowest BCUT2D eigenvalue weighted by atomic mass is 9.91. The lowest BCUT2D eigenvalue weighted by molar-refractivity contribution is 1.12. The van der Waals surface area contributed by atoms with Gasteiger partial charge in [0.25, 0.3) is 0 Å². The summed E-state index contributed by atoms with van der Waals surface area (Å²) in [5, 5.41) is 21.6. The first kappa shape index (κ1) is 46.5. The second kappa shape index (κ2) is 18.2. The maximum Gasteiger partial charge on any atom is 0.145 e. The van der Waals surface area contributed by atoms with Gasteiger partial charge in [-0.3, -0.25) is 9.13 Å². The Morgan fingerprint density at radius 1 is 0.202 bits per heavy atom. The van der Waals surface area contributed by atoms with Crippen molar-refractivity contribution in [2.45, 2.75) is 0 Å². The first-order valence-electron chi connectivity index (χ1n) is 28.9. The van der Waals surface area contributed by atoms with Crippen molar-refractivity contribution in [2.75, 3.05) is 0 Å². The summed E-state index contributed by atoms with van der Waals surface area (Å²) in [7, 11) is 0. The Morgan fingerprint density at radius 2 is 0.464 bits per heavy atom. The smallest absolute Gasteiger partial charge is 0.145 e. The van der Waals surface area contributed by atoms with Gasteiger partial charge in [0, 0.05) is 43.4 Å². The summed E-state index contributed by atoms with van der Waals surface area (Å²) in [6.45, 7) is 0. The Balaban J connectivity index is 0.779. The molecule has 0 unspecified atom stereocenters. The number of hydrogen-bond acceptors (Lipinski definition) is 2. The van der Waals surface area contributed by atoms with Crippen molar-refractivity contribution in [2.24, 2.45) is 0 Å². The number of benzene rings is 16. The third kappa shape index (κ3) is 6.83. The molecule has 0 N–H and O–H groups in total. The fraction of sp³-hybridized carbons (Fsp3) is 0. The third-order valence-corrected chi connectivity index (χ3v) is 17.9. The number of rotatable bonds is 6. The van der Waals surface area contributed by atoms with E-state index in [0.717, 1.165) is 78.1 Å². The number of fused-ring (bicyclic) bond motifs is 19. The van der Waals surface area contributed by atoms with Crippen LogP contribution in [-0.4, -0.2) is 19.1 Å². The van der Waals surface area contributed by atoms with Gasteiger partial charge in [0.05, 0.1) is 33.4 Å². The Hall–Kier alpha value is -11.2. The Labute approximate surface area is 483 Å². The topological polar surface area (TPSA) is 35.6 Å². The molecule has 18 rings (SSSR count). The lowest BCUT2D eigenvalue weighted by Gasteiger charge is -2.17. The molecule has 18 aromatic rings. The highest BCUT2D eigenvalue weighted by atomic mass is 15.1. The molecule has 0 saturated carbocycles. The molecular weight excluding hydrogens is 1020 g/mol. The number of hydrogen-bond donors (Lipinski definition) is 0. The van der Waals surface area contributed by atoms with Crippen LogP contribution < -0.4 is 0 Å². The molecule has 0 fully saturated rings. The van der Waals surface area contributed by atoms with Gasteiger partial charge in [-0.25, -0.2) is 9.97 Å². The van der Waals surface area contributed by atoms with Crippen molar-refractivity contribution < 1.29 is 0 Å². The van der Waals surface area contributed by atoms with Crippen molar-refractivity contribution in [1.82, 2.24) is 19.1 Å². The molecule has 0 spiro atoms. The highest BCUT2D eigenvalue weighted by molar-refractivity contribution is 6.26. The van der Waals surface area contributed by atoms with Crippen LogP contribution in [0.3, 0.4) is 0 Å². The zero-order valence-electron chi connectivity index (χ0n) is 45.5. The van der Waals surface area contributed by atoms with Crippen LogP contribution in [-0.2, 0) is 0 Å². The molecule has 4 heteroatoms. The van der Waals surface area contributed by atoms with Crippen LogP contribution in [0, 0.1) is 0 Å². The average Bonchev–Trinajstić information content (AvgIpc) is 3.78. The summed E-state index contributed by atoms with van der Waals surface area (Å²) in [6.07, 6.45) is 0. The van der Waals surface area contributed by atoms with Crippen molar-refractivity contribution in [3.8, 4) is 56.4 Å². The van der Waals surface area contributed by atoms with E-state index in [0.29, 0.717) is 0 Å². The number of nitrogens with zero attached hydrogens (tertiary/aromatic N) is 4. The molecule has 0 aliphatic heterocycles. The minimum atomic E-state index is 0.907. The van der Waals surface area contributed by atoms with Gasteiger partial charge in [-0.2, -0.15) is 0 Å². The van der Waals surface area contributed by atoms with Crippen molar-refractivity contribution in [3.05, 3.63) is 291 Å². The molecule has 2 heterocycles. The van der Waals surface area contributed by atoms with E-state index in [9.17, 15) is 0 Å². The van der Waals surface area contributed by atoms with Gasteiger partial charge in [-0.05, 0) is 99.0 Å². The summed E-state index contributed by atoms with van der Waals surface area (Å²) >= 11 is 0. The Morgan fingerprint density at radius 3 is 0.833 bits per heavy atom. The molecule has 84 heavy (non-hydrogen) atoms. The van der Waals surface area contributed by atoms with Gasteiger partial charge in [-0.1, -0.05) is 279 Å². The second-order valence-electron chi connectivity index (χ2n) is 22.3. The van der Waals surface area contributed by atoms with Crippen molar-refractivity contribution in [3.63, 3.8) is 0 Å². The van der Waals surface area contributed by atoms with Crippen molar-refractivity contribution >= 4 is 119 Å². The van der Waals surface area contributed by atoms with Gasteiger partial charge in [-0.15, -0.1) is 0 Å². The molecule has 4 nitrogen and oxygen atoms in total. The minimum Gasteiger partial charge on any atom is -0.291 e. The van der Waals surface area contributed by atoms with E-state index in [4.69, 9.17) is 9.97 Å². The summed E-state index contributed by atoms with van der Waals surface area (Å²) in [6, 6.07) is 107. The summed E-state index contributed by atoms with van der Waals surface area (Å²) in [5.41, 5.74) is 13.2. The SMILES string of the molecule is c1ccc2c(c1)cc(-n1c(-c3ccc(-c4ccc(-c5ccc(-c6nc7c8ccccc8c8ccccc8c7n6-c6cc7ccccc7c7ccccc67)cc5)c5ccccc45)cc3)nc3c4ccccc4c4ccccc4c31)c1ccccc12. The van der Waals surface area contributed by atoms with E-state index in [1.54, 1.807) is 0 Å². The van der Waals surface area contributed by atoms with E-state index in [1.165, 1.54) is 97.3 Å². The predicted octanol–water partition coefficient (Wildman–Crippen LogP) is 21.4. The van der Waals surface area contributed by atoms with Crippen LogP contribution in [0.5, 0.6) is 0 Å². The monoisotopic (exact) mass is 1060 g/mol. The maximum absolute atomic E-state index is 5.68. The molecule has 0 bridgehead atoms. The van der Waals surface area contributed by atoms with Crippen LogP contribution in [0.2, 0.25) is 0 Å². The van der Waals surface area contributed by atoms with Crippen LogP contribution in [0.4, 0.5) is 0 Å². The molecule has 16 aromatic carbocycles. The molecular formula is C80H48N4. The quantitative estimate of drug-likeness (QED) is 0.156. The van der Waals surface area contributed by atoms with Crippen LogP contribution >= 0.6 is 0 Å². The van der Waals surface area contributed by atoms with E-state index in [1.807, 2.05) is 0 Å². The Kier molecular flexibility index (Phi) is 10.1. The summed E-state index contributed by atoms with van der Waals surface area (Å²) < 4.78 is 4.88. The molecule has 0 aliphatic carbocycles. The van der Waals surface area contributed by atoms with Gasteiger partial charge in [0.1, 0.15) is 11.6 Å². The first-order valence-corrected chi connectivity index (χ1v) is 28.9.